The lowest BCUT2D eigenvalue weighted by Gasteiger charge is -2.24. The summed E-state index contributed by atoms with van der Waals surface area (Å²) in [6, 6.07) is 18.4. The third-order valence-corrected chi connectivity index (χ3v) is 6.75. The fourth-order valence-corrected chi connectivity index (χ4v) is 5.28. The van der Waals surface area contributed by atoms with Crippen LogP contribution in [0.1, 0.15) is 23.1 Å². The predicted octanol–water partition coefficient (Wildman–Crippen LogP) is 5.33. The smallest absolute Gasteiger partial charge is 0.238 e. The summed E-state index contributed by atoms with van der Waals surface area (Å²) in [5.41, 5.74) is 2.09. The highest BCUT2D eigenvalue weighted by Crippen LogP contribution is 2.73. The second kappa shape index (κ2) is 5.74. The Hall–Kier alpha value is -2.53. The highest BCUT2D eigenvalue weighted by Gasteiger charge is 2.77. The molecule has 1 aliphatic carbocycles. The van der Waals surface area contributed by atoms with Gasteiger partial charge in [-0.25, -0.2) is 8.78 Å². The first-order valence-electron chi connectivity index (χ1n) is 9.00. The van der Waals surface area contributed by atoms with E-state index in [-0.39, 0.29) is 17.5 Å². The first kappa shape index (κ1) is 17.6. The van der Waals surface area contributed by atoms with Crippen LogP contribution in [0.3, 0.4) is 0 Å². The molecule has 1 saturated carbocycles. The number of carbonyl (C=O) groups excluding carboxylic acids is 1. The van der Waals surface area contributed by atoms with Crippen LogP contribution in [0.2, 0.25) is 0 Å². The molecule has 0 bridgehead atoms. The zero-order valence-corrected chi connectivity index (χ0v) is 16.6. The third-order valence-electron chi connectivity index (χ3n) is 6.26. The number of halogens is 3. The SMILES string of the molecule is CN1C(=O)C2(CC2(c2ccc(F)cc2)c2ccc(F)cc2)c2cc(Br)ccc21. The van der Waals surface area contributed by atoms with Gasteiger partial charge in [0, 0.05) is 22.6 Å². The summed E-state index contributed by atoms with van der Waals surface area (Å²) in [6.07, 6.45) is 0.559. The van der Waals surface area contributed by atoms with E-state index in [1.165, 1.54) is 24.3 Å². The van der Waals surface area contributed by atoms with Gasteiger partial charge in [0.2, 0.25) is 5.91 Å². The van der Waals surface area contributed by atoms with Crippen molar-refractivity contribution in [2.75, 3.05) is 11.9 Å². The van der Waals surface area contributed by atoms with Crippen molar-refractivity contribution in [3.8, 4) is 0 Å². The molecule has 1 unspecified atom stereocenters. The topological polar surface area (TPSA) is 20.3 Å². The lowest BCUT2D eigenvalue weighted by Crippen LogP contribution is -2.34. The summed E-state index contributed by atoms with van der Waals surface area (Å²) >= 11 is 3.52. The van der Waals surface area contributed by atoms with E-state index in [0.717, 1.165) is 26.9 Å². The monoisotopic (exact) mass is 439 g/mol. The van der Waals surface area contributed by atoms with Gasteiger partial charge < -0.3 is 4.90 Å². The van der Waals surface area contributed by atoms with Gasteiger partial charge in [0.15, 0.2) is 0 Å². The molecule has 1 atom stereocenters. The van der Waals surface area contributed by atoms with Gasteiger partial charge in [-0.1, -0.05) is 40.2 Å². The zero-order valence-electron chi connectivity index (χ0n) is 15.0. The number of likely N-dealkylation sites (N-methyl/N-ethyl adjacent to an activating group) is 1. The fourth-order valence-electron chi connectivity index (χ4n) is 4.92. The van der Waals surface area contributed by atoms with Gasteiger partial charge >= 0.3 is 0 Å². The number of hydrogen-bond acceptors (Lipinski definition) is 1. The summed E-state index contributed by atoms with van der Waals surface area (Å²) < 4.78 is 28.1. The normalized spacial score (nSPS) is 21.9. The maximum atomic E-state index is 13.6. The first-order valence-corrected chi connectivity index (χ1v) is 9.80. The van der Waals surface area contributed by atoms with E-state index in [9.17, 15) is 13.6 Å². The molecular formula is C23H16BrF2NO. The van der Waals surface area contributed by atoms with Crippen LogP contribution in [-0.2, 0) is 15.6 Å². The molecule has 1 amide bonds. The molecule has 1 aliphatic heterocycles. The minimum absolute atomic E-state index is 0.00856. The second-order valence-electron chi connectivity index (χ2n) is 7.53. The maximum absolute atomic E-state index is 13.6. The molecule has 5 rings (SSSR count). The summed E-state index contributed by atoms with van der Waals surface area (Å²) in [5, 5.41) is 0. The van der Waals surface area contributed by atoms with Crippen molar-refractivity contribution in [3.63, 3.8) is 0 Å². The first-order chi connectivity index (χ1) is 13.4. The van der Waals surface area contributed by atoms with Crippen LogP contribution >= 0.6 is 15.9 Å². The second-order valence-corrected chi connectivity index (χ2v) is 8.44. The molecule has 5 heteroatoms. The highest BCUT2D eigenvalue weighted by molar-refractivity contribution is 9.10. The fraction of sp³-hybridized carbons (Fsp3) is 0.174. The Morgan fingerprint density at radius 3 is 1.93 bits per heavy atom. The molecule has 3 aromatic carbocycles. The predicted molar refractivity (Wildman–Crippen MR) is 107 cm³/mol. The van der Waals surface area contributed by atoms with E-state index < -0.39 is 10.8 Å². The Bertz CT molecular complexity index is 1060. The Morgan fingerprint density at radius 2 is 1.39 bits per heavy atom. The van der Waals surface area contributed by atoms with Crippen molar-refractivity contribution < 1.29 is 13.6 Å². The molecule has 3 aromatic rings. The summed E-state index contributed by atoms with van der Waals surface area (Å²) in [7, 11) is 1.78. The van der Waals surface area contributed by atoms with Gasteiger partial charge in [0.05, 0.1) is 5.41 Å². The zero-order chi connectivity index (χ0) is 19.7. The van der Waals surface area contributed by atoms with Crippen molar-refractivity contribution in [1.82, 2.24) is 0 Å². The lowest BCUT2D eigenvalue weighted by atomic mass is 9.77. The van der Waals surface area contributed by atoms with Gasteiger partial charge in [-0.05, 0) is 65.6 Å². The number of benzene rings is 3. The van der Waals surface area contributed by atoms with Gasteiger partial charge in [0.1, 0.15) is 11.6 Å². The molecule has 140 valence electrons. The van der Waals surface area contributed by atoms with Crippen molar-refractivity contribution in [2.24, 2.45) is 0 Å². The van der Waals surface area contributed by atoms with E-state index >= 15 is 0 Å². The third kappa shape index (κ3) is 2.08. The molecular weight excluding hydrogens is 424 g/mol. The van der Waals surface area contributed by atoms with Crippen LogP contribution in [0.15, 0.2) is 71.2 Å². The van der Waals surface area contributed by atoms with Crippen LogP contribution < -0.4 is 4.90 Å². The van der Waals surface area contributed by atoms with Crippen LogP contribution in [0.5, 0.6) is 0 Å². The number of rotatable bonds is 2. The molecule has 0 saturated heterocycles. The number of nitrogens with zero attached hydrogens (tertiary/aromatic N) is 1. The minimum atomic E-state index is -0.781. The Morgan fingerprint density at radius 1 is 0.857 bits per heavy atom. The van der Waals surface area contributed by atoms with E-state index in [1.807, 2.05) is 18.2 Å². The average molecular weight is 440 g/mol. The molecule has 1 spiro atoms. The lowest BCUT2D eigenvalue weighted by molar-refractivity contribution is -0.120. The van der Waals surface area contributed by atoms with Crippen LogP contribution in [0.4, 0.5) is 14.5 Å². The molecule has 1 fully saturated rings. The van der Waals surface area contributed by atoms with Gasteiger partial charge in [0.25, 0.3) is 0 Å². The largest absolute Gasteiger partial charge is 0.314 e. The minimum Gasteiger partial charge on any atom is -0.314 e. The van der Waals surface area contributed by atoms with E-state index in [0.29, 0.717) is 6.42 Å². The standard InChI is InChI=1S/C23H16BrF2NO/c1-27-20-11-6-16(24)12-19(20)23(21(27)28)13-22(23,14-2-7-17(25)8-3-14)15-4-9-18(26)10-5-15/h2-12H,13H2,1H3. The van der Waals surface area contributed by atoms with Crippen LogP contribution in [0.25, 0.3) is 0 Å². The average Bonchev–Trinajstić information content (AvgIpc) is 3.35. The summed E-state index contributed by atoms with van der Waals surface area (Å²) in [5.74, 6) is -0.648. The van der Waals surface area contributed by atoms with Gasteiger partial charge in [-0.3, -0.25) is 4.79 Å². The van der Waals surface area contributed by atoms with Gasteiger partial charge in [-0.2, -0.15) is 0 Å². The van der Waals surface area contributed by atoms with Gasteiger partial charge in [-0.15, -0.1) is 0 Å². The molecule has 2 aliphatic rings. The molecule has 0 aromatic heterocycles. The quantitative estimate of drug-likeness (QED) is 0.528. The molecule has 0 N–H and O–H groups in total. The van der Waals surface area contributed by atoms with Crippen molar-refractivity contribution in [1.29, 1.82) is 0 Å². The van der Waals surface area contributed by atoms with Crippen molar-refractivity contribution in [2.45, 2.75) is 17.3 Å². The van der Waals surface area contributed by atoms with Crippen molar-refractivity contribution in [3.05, 3.63) is 99.5 Å². The summed E-state index contributed by atoms with van der Waals surface area (Å²) in [4.78, 5) is 15.2. The highest BCUT2D eigenvalue weighted by atomic mass is 79.9. The summed E-state index contributed by atoms with van der Waals surface area (Å²) in [6.45, 7) is 0. The Labute approximate surface area is 169 Å². The number of anilines is 1. The van der Waals surface area contributed by atoms with E-state index in [4.69, 9.17) is 0 Å². The molecule has 0 radical (unpaired) electrons. The van der Waals surface area contributed by atoms with Crippen molar-refractivity contribution >= 4 is 27.5 Å². The van der Waals surface area contributed by atoms with E-state index in [2.05, 4.69) is 15.9 Å². The number of fused-ring (bicyclic) bond motifs is 2. The number of amides is 1. The maximum Gasteiger partial charge on any atom is 0.238 e. The molecule has 28 heavy (non-hydrogen) atoms. The molecule has 2 nitrogen and oxygen atoms in total. The van der Waals surface area contributed by atoms with Crippen LogP contribution in [-0.4, -0.2) is 13.0 Å². The number of hydrogen-bond donors (Lipinski definition) is 0. The van der Waals surface area contributed by atoms with Crippen LogP contribution in [0, 0.1) is 11.6 Å². The van der Waals surface area contributed by atoms with E-state index in [1.54, 1.807) is 36.2 Å². The number of carbonyl (C=O) groups is 1. The molecule has 1 heterocycles. The Balaban J connectivity index is 1.80. The Kier molecular flexibility index (Phi) is 3.60.